The lowest BCUT2D eigenvalue weighted by Gasteiger charge is -2.31. The van der Waals surface area contributed by atoms with E-state index in [4.69, 9.17) is 8.85 Å². The summed E-state index contributed by atoms with van der Waals surface area (Å²) in [7, 11) is -0.742. The molecule has 0 amide bonds. The summed E-state index contributed by atoms with van der Waals surface area (Å²) in [6, 6.07) is 2.68. The van der Waals surface area contributed by atoms with Crippen LogP contribution in [0, 0.1) is 0 Å². The molecule has 2 nitrogen and oxygen atoms in total. The molecule has 0 aliphatic rings. The summed E-state index contributed by atoms with van der Waals surface area (Å²) in [6.07, 6.45) is 16.7. The van der Waals surface area contributed by atoms with Crippen LogP contribution in [-0.4, -0.2) is 30.7 Å². The molecule has 27 heavy (non-hydrogen) atoms. The number of hydrogen-bond acceptors (Lipinski definition) is 2. The van der Waals surface area contributed by atoms with Gasteiger partial charge in [-0.3, -0.25) is 0 Å². The minimum absolute atomic E-state index is 0.172. The fourth-order valence-corrected chi connectivity index (χ4v) is 7.43. The van der Waals surface area contributed by atoms with Gasteiger partial charge in [-0.2, -0.15) is 0 Å². The maximum Gasteiger partial charge on any atom is 0.162 e. The van der Waals surface area contributed by atoms with Crippen molar-refractivity contribution in [2.45, 2.75) is 148 Å². The Hall–Kier alpha value is 0.354. The first kappa shape index (κ1) is 27.4. The molecule has 0 unspecified atom stereocenters. The summed E-state index contributed by atoms with van der Waals surface area (Å²) in [5.74, 6) is 0. The Balaban J connectivity index is 4.03. The molecule has 0 saturated carbocycles. The molecular weight excluding hydrogens is 364 g/mol. The van der Waals surface area contributed by atoms with E-state index in [1.54, 1.807) is 0 Å². The monoisotopic (exact) mass is 416 g/mol. The normalized spacial score (nSPS) is 13.6. The van der Waals surface area contributed by atoms with Crippen molar-refractivity contribution >= 4 is 19.5 Å². The van der Waals surface area contributed by atoms with E-state index in [1.807, 2.05) is 0 Å². The quantitative estimate of drug-likeness (QED) is 0.162. The molecule has 0 rings (SSSR count). The SMILES string of the molecule is CCCCC(C)(CCCC)O[SiH2]CCC[SiH2]OC(C)(CCCC)CCCC. The van der Waals surface area contributed by atoms with Crippen molar-refractivity contribution in [1.29, 1.82) is 0 Å². The van der Waals surface area contributed by atoms with Gasteiger partial charge < -0.3 is 8.85 Å². The van der Waals surface area contributed by atoms with Crippen molar-refractivity contribution in [2.75, 3.05) is 0 Å². The molecule has 0 aromatic heterocycles. The predicted octanol–water partition coefficient (Wildman–Crippen LogP) is 6.69. The van der Waals surface area contributed by atoms with E-state index >= 15 is 0 Å². The lowest BCUT2D eigenvalue weighted by atomic mass is 9.93. The third kappa shape index (κ3) is 14.9. The average molecular weight is 417 g/mol. The summed E-state index contributed by atoms with van der Waals surface area (Å²) in [4.78, 5) is 0. The van der Waals surface area contributed by atoms with Gasteiger partial charge in [0.1, 0.15) is 0 Å². The van der Waals surface area contributed by atoms with Crippen LogP contribution in [0.1, 0.15) is 125 Å². The second-order valence-electron chi connectivity index (χ2n) is 9.07. The molecule has 4 heteroatoms. The largest absolute Gasteiger partial charge is 0.419 e. The number of hydrogen-bond donors (Lipinski definition) is 0. The maximum absolute atomic E-state index is 6.50. The lowest BCUT2D eigenvalue weighted by Crippen LogP contribution is -2.31. The molecule has 0 N–H and O–H groups in total. The number of unbranched alkanes of at least 4 members (excludes halogenated alkanes) is 4. The van der Waals surface area contributed by atoms with Crippen LogP contribution in [-0.2, 0) is 8.85 Å². The van der Waals surface area contributed by atoms with Crippen LogP contribution in [0.5, 0.6) is 0 Å². The van der Waals surface area contributed by atoms with Gasteiger partial charge in [-0.1, -0.05) is 85.5 Å². The van der Waals surface area contributed by atoms with Gasteiger partial charge in [0.15, 0.2) is 19.5 Å². The van der Waals surface area contributed by atoms with Crippen molar-refractivity contribution in [2.24, 2.45) is 0 Å². The third-order valence-electron chi connectivity index (χ3n) is 5.93. The molecule has 0 fully saturated rings. The van der Waals surface area contributed by atoms with Gasteiger partial charge in [-0.15, -0.1) is 0 Å². The van der Waals surface area contributed by atoms with E-state index in [0.717, 1.165) is 0 Å². The molecule has 164 valence electrons. The Kier molecular flexibility index (Phi) is 17.5. The summed E-state index contributed by atoms with van der Waals surface area (Å²) in [5, 5.41) is 0. The highest BCUT2D eigenvalue weighted by Crippen LogP contribution is 2.27. The summed E-state index contributed by atoms with van der Waals surface area (Å²) >= 11 is 0. The van der Waals surface area contributed by atoms with E-state index in [-0.39, 0.29) is 30.7 Å². The van der Waals surface area contributed by atoms with Crippen LogP contribution in [0.3, 0.4) is 0 Å². The first-order chi connectivity index (χ1) is 12.9. The molecule has 0 aromatic rings. The molecule has 0 heterocycles. The molecule has 0 aliphatic carbocycles. The zero-order valence-electron chi connectivity index (χ0n) is 19.8. The minimum atomic E-state index is -0.371. The van der Waals surface area contributed by atoms with Gasteiger partial charge in [-0.25, -0.2) is 0 Å². The fraction of sp³-hybridized carbons (Fsp3) is 1.00. The van der Waals surface area contributed by atoms with Crippen LogP contribution in [0.25, 0.3) is 0 Å². The van der Waals surface area contributed by atoms with E-state index in [2.05, 4.69) is 41.5 Å². The molecule has 0 saturated heterocycles. The van der Waals surface area contributed by atoms with Crippen molar-refractivity contribution in [1.82, 2.24) is 0 Å². The van der Waals surface area contributed by atoms with E-state index < -0.39 is 0 Å². The van der Waals surface area contributed by atoms with Crippen molar-refractivity contribution in [3.8, 4) is 0 Å². The number of rotatable bonds is 20. The molecular formula is C23H52O2Si2. The Labute approximate surface area is 176 Å². The molecule has 0 atom stereocenters. The van der Waals surface area contributed by atoms with Gasteiger partial charge in [0.05, 0.1) is 11.2 Å². The van der Waals surface area contributed by atoms with Crippen LogP contribution in [0.15, 0.2) is 0 Å². The molecule has 0 aromatic carbocycles. The van der Waals surface area contributed by atoms with Gasteiger partial charge >= 0.3 is 0 Å². The zero-order valence-corrected chi connectivity index (χ0v) is 22.7. The highest BCUT2D eigenvalue weighted by atomic mass is 28.2. The van der Waals surface area contributed by atoms with Crippen LogP contribution in [0.2, 0.25) is 12.1 Å². The zero-order chi connectivity index (χ0) is 20.4. The van der Waals surface area contributed by atoms with Gasteiger partial charge in [0.25, 0.3) is 0 Å². The van der Waals surface area contributed by atoms with E-state index in [0.29, 0.717) is 0 Å². The predicted molar refractivity (Wildman–Crippen MR) is 128 cm³/mol. The summed E-state index contributed by atoms with van der Waals surface area (Å²) in [5.41, 5.74) is 0.343. The average Bonchev–Trinajstić information content (AvgIpc) is 2.67. The Morgan fingerprint density at radius 1 is 0.519 bits per heavy atom. The third-order valence-corrected chi connectivity index (χ3v) is 9.31. The van der Waals surface area contributed by atoms with Crippen molar-refractivity contribution in [3.63, 3.8) is 0 Å². The minimum Gasteiger partial charge on any atom is -0.419 e. The maximum atomic E-state index is 6.50. The highest BCUT2D eigenvalue weighted by Gasteiger charge is 2.24. The van der Waals surface area contributed by atoms with Crippen molar-refractivity contribution in [3.05, 3.63) is 0 Å². The first-order valence-corrected chi connectivity index (χ1v) is 15.4. The molecule has 0 bridgehead atoms. The Morgan fingerprint density at radius 3 is 1.07 bits per heavy atom. The van der Waals surface area contributed by atoms with Crippen LogP contribution in [0.4, 0.5) is 0 Å². The second kappa shape index (κ2) is 17.2. The van der Waals surface area contributed by atoms with Gasteiger partial charge in [0.2, 0.25) is 0 Å². The van der Waals surface area contributed by atoms with Crippen molar-refractivity contribution < 1.29 is 8.85 Å². The first-order valence-electron chi connectivity index (χ1n) is 12.2. The summed E-state index contributed by atoms with van der Waals surface area (Å²) < 4.78 is 13.0. The Morgan fingerprint density at radius 2 is 0.815 bits per heavy atom. The topological polar surface area (TPSA) is 18.5 Å². The lowest BCUT2D eigenvalue weighted by molar-refractivity contribution is 0.0680. The van der Waals surface area contributed by atoms with Crippen LogP contribution < -0.4 is 0 Å². The molecule has 0 spiro atoms. The fourth-order valence-electron chi connectivity index (χ4n) is 3.76. The standard InChI is InChI=1S/C23H52O2Si2/c1-7-11-16-22(5,17-12-8-2)24-26-20-15-21-27-25-23(6,18-13-9-3)19-14-10-4/h7-21,26-27H2,1-6H3. The van der Waals surface area contributed by atoms with E-state index in [1.165, 1.54) is 95.6 Å². The van der Waals surface area contributed by atoms with E-state index in [9.17, 15) is 0 Å². The Bertz CT molecular complexity index is 278. The summed E-state index contributed by atoms with van der Waals surface area (Å²) in [6.45, 7) is 13.9. The van der Waals surface area contributed by atoms with Crippen LogP contribution >= 0.6 is 0 Å². The molecule has 0 radical (unpaired) electrons. The second-order valence-corrected chi connectivity index (χ2v) is 11.9. The van der Waals surface area contributed by atoms with Gasteiger partial charge in [-0.05, 0) is 51.6 Å². The highest BCUT2D eigenvalue weighted by molar-refractivity contribution is 6.29. The smallest absolute Gasteiger partial charge is 0.162 e. The molecule has 0 aliphatic heterocycles. The van der Waals surface area contributed by atoms with Gasteiger partial charge in [0, 0.05) is 0 Å².